The van der Waals surface area contributed by atoms with Crippen LogP contribution >= 0.6 is 11.6 Å². The third-order valence-electron chi connectivity index (χ3n) is 6.87. The fourth-order valence-electron chi connectivity index (χ4n) is 5.11. The van der Waals surface area contributed by atoms with Gasteiger partial charge in [0.1, 0.15) is 0 Å². The Kier molecular flexibility index (Phi) is 6.06. The van der Waals surface area contributed by atoms with E-state index in [1.165, 1.54) is 24.1 Å². The van der Waals surface area contributed by atoms with Crippen molar-refractivity contribution in [3.63, 3.8) is 0 Å². The maximum atomic E-state index is 14.1. The highest BCUT2D eigenvalue weighted by Gasteiger charge is 2.47. The summed E-state index contributed by atoms with van der Waals surface area (Å²) in [6, 6.07) is 5.58. The Morgan fingerprint density at radius 3 is 2.61 bits per heavy atom. The monoisotopic (exact) mass is 520 g/mol. The molecule has 0 aliphatic carbocycles. The molecule has 5 rings (SSSR count). The van der Waals surface area contributed by atoms with Crippen LogP contribution in [0, 0.1) is 5.92 Å². The number of amides is 2. The molecule has 0 radical (unpaired) electrons. The number of fused-ring (bicyclic) bond motifs is 3. The zero-order chi connectivity index (χ0) is 25.8. The first-order chi connectivity index (χ1) is 17.0. The van der Waals surface area contributed by atoms with Gasteiger partial charge in [-0.2, -0.15) is 18.3 Å². The minimum Gasteiger partial charge on any atom is -0.345 e. The Bertz CT molecular complexity index is 1330. The lowest BCUT2D eigenvalue weighted by atomic mass is 10.0. The quantitative estimate of drug-likeness (QED) is 0.520. The van der Waals surface area contributed by atoms with Crippen molar-refractivity contribution in [1.29, 1.82) is 0 Å². The minimum absolute atomic E-state index is 0.0514. The van der Waals surface area contributed by atoms with E-state index in [1.807, 2.05) is 4.90 Å². The lowest BCUT2D eigenvalue weighted by Crippen LogP contribution is -2.43. The van der Waals surface area contributed by atoms with Gasteiger partial charge in [-0.1, -0.05) is 23.7 Å². The molecule has 0 unspecified atom stereocenters. The van der Waals surface area contributed by atoms with E-state index < -0.39 is 24.0 Å². The zero-order valence-corrected chi connectivity index (χ0v) is 20.4. The van der Waals surface area contributed by atoms with Gasteiger partial charge >= 0.3 is 6.18 Å². The normalized spacial score (nSPS) is 19.1. The summed E-state index contributed by atoms with van der Waals surface area (Å²) in [7, 11) is 2.68. The van der Waals surface area contributed by atoms with Crippen LogP contribution in [-0.2, 0) is 16.0 Å². The first-order valence-corrected chi connectivity index (χ1v) is 11.9. The smallest absolute Gasteiger partial charge is 0.345 e. The molecule has 36 heavy (non-hydrogen) atoms. The lowest BCUT2D eigenvalue weighted by molar-refractivity contribution is -0.190. The molecule has 1 aromatic carbocycles. The maximum Gasteiger partial charge on any atom is 0.413 e. The second kappa shape index (κ2) is 8.95. The van der Waals surface area contributed by atoms with Crippen LogP contribution in [0.3, 0.4) is 0 Å². The highest BCUT2D eigenvalue weighted by molar-refractivity contribution is 6.29. The molecule has 4 heterocycles. The Morgan fingerprint density at radius 1 is 1.25 bits per heavy atom. The van der Waals surface area contributed by atoms with Gasteiger partial charge in [0.25, 0.3) is 0 Å². The Balaban J connectivity index is 1.43. The summed E-state index contributed by atoms with van der Waals surface area (Å²) in [4.78, 5) is 33.2. The first kappa shape index (κ1) is 24.4. The molecule has 12 heteroatoms. The van der Waals surface area contributed by atoms with Crippen molar-refractivity contribution in [3.8, 4) is 0 Å². The van der Waals surface area contributed by atoms with Gasteiger partial charge in [-0.25, -0.2) is 9.50 Å². The zero-order valence-electron chi connectivity index (χ0n) is 19.7. The van der Waals surface area contributed by atoms with Gasteiger partial charge in [0.15, 0.2) is 16.8 Å². The number of alkyl halides is 3. The molecule has 2 amide bonds. The van der Waals surface area contributed by atoms with Crippen molar-refractivity contribution in [2.45, 2.75) is 31.5 Å². The van der Waals surface area contributed by atoms with E-state index in [0.717, 1.165) is 31.3 Å². The van der Waals surface area contributed by atoms with E-state index in [1.54, 1.807) is 28.9 Å². The standard InChI is InChI=1S/C24H24ClF3N6O2/c1-31-13-15(10-21(31)35)23(36)32(2)22(24(26,27)28)14-5-7-16(8-6-14)33-9-3-4-17-18(33)12-29-20-11-19(25)30-34(17)20/h5-8,11-12,15,22H,3-4,9-10,13H2,1-2H3/t15-,22+/m1/s1. The molecule has 1 saturated heterocycles. The summed E-state index contributed by atoms with van der Waals surface area (Å²) in [6.45, 7) is 0.779. The minimum atomic E-state index is -4.69. The van der Waals surface area contributed by atoms with Crippen molar-refractivity contribution in [1.82, 2.24) is 24.4 Å². The molecule has 3 aromatic rings. The fraction of sp³-hybridized carbons (Fsp3) is 0.417. The van der Waals surface area contributed by atoms with Crippen LogP contribution in [0.25, 0.3) is 5.65 Å². The van der Waals surface area contributed by atoms with E-state index in [0.29, 0.717) is 27.9 Å². The molecule has 8 nitrogen and oxygen atoms in total. The number of halogens is 4. The number of anilines is 2. The van der Waals surface area contributed by atoms with E-state index >= 15 is 0 Å². The summed E-state index contributed by atoms with van der Waals surface area (Å²) in [6.07, 6.45) is -1.46. The van der Waals surface area contributed by atoms with Crippen molar-refractivity contribution < 1.29 is 22.8 Å². The van der Waals surface area contributed by atoms with E-state index in [2.05, 4.69) is 10.1 Å². The molecule has 2 aromatic heterocycles. The summed E-state index contributed by atoms with van der Waals surface area (Å²) < 4.78 is 44.1. The Labute approximate surface area is 210 Å². The SMILES string of the molecule is CN1C[C@H](C(=O)N(C)[C@@H](c2ccc(N3CCCc4c3cnc3cc(Cl)nn43)cc2)C(F)(F)F)CC1=O. The number of aromatic nitrogens is 3. The van der Waals surface area contributed by atoms with Crippen LogP contribution in [0.1, 0.15) is 30.1 Å². The number of rotatable bonds is 4. The summed E-state index contributed by atoms with van der Waals surface area (Å²) >= 11 is 6.04. The second-order valence-corrected chi connectivity index (χ2v) is 9.63. The first-order valence-electron chi connectivity index (χ1n) is 11.5. The van der Waals surface area contributed by atoms with Crippen molar-refractivity contribution in [2.24, 2.45) is 5.92 Å². The number of benzene rings is 1. The molecular formula is C24H24ClF3N6O2. The second-order valence-electron chi connectivity index (χ2n) is 9.24. The summed E-state index contributed by atoms with van der Waals surface area (Å²) in [5.41, 5.74) is 3.03. The van der Waals surface area contributed by atoms with E-state index in [4.69, 9.17) is 11.6 Å². The van der Waals surface area contributed by atoms with E-state index in [-0.39, 0.29) is 24.4 Å². The molecule has 0 saturated carbocycles. The predicted octanol–water partition coefficient (Wildman–Crippen LogP) is 4.01. The van der Waals surface area contributed by atoms with Crippen molar-refractivity contribution in [2.75, 3.05) is 32.1 Å². The maximum absolute atomic E-state index is 14.1. The molecule has 2 aliphatic heterocycles. The molecule has 0 spiro atoms. The molecule has 2 atom stereocenters. The van der Waals surface area contributed by atoms with E-state index in [9.17, 15) is 22.8 Å². The summed E-state index contributed by atoms with van der Waals surface area (Å²) in [5, 5.41) is 4.64. The van der Waals surface area contributed by atoms with Crippen LogP contribution in [0.5, 0.6) is 0 Å². The third-order valence-corrected chi connectivity index (χ3v) is 7.06. The summed E-state index contributed by atoms with van der Waals surface area (Å²) in [5.74, 6) is -1.74. The number of hydrogen-bond acceptors (Lipinski definition) is 5. The largest absolute Gasteiger partial charge is 0.413 e. The number of carbonyl (C=O) groups excluding carboxylic acids is 2. The number of nitrogens with zero attached hydrogens (tertiary/aromatic N) is 6. The van der Waals surface area contributed by atoms with Crippen LogP contribution in [0.2, 0.25) is 5.15 Å². The highest BCUT2D eigenvalue weighted by atomic mass is 35.5. The number of likely N-dealkylation sites (tertiary alicyclic amines) is 1. The van der Waals surface area contributed by atoms with Gasteiger partial charge in [0, 0.05) is 45.4 Å². The molecule has 0 N–H and O–H groups in total. The van der Waals surface area contributed by atoms with Gasteiger partial charge in [0.2, 0.25) is 11.8 Å². The Morgan fingerprint density at radius 2 is 1.97 bits per heavy atom. The van der Waals surface area contributed by atoms with Crippen LogP contribution < -0.4 is 4.90 Å². The fourth-order valence-corrected chi connectivity index (χ4v) is 5.28. The molecule has 0 bridgehead atoms. The number of aryl methyl sites for hydroxylation is 1. The average molecular weight is 521 g/mol. The molecule has 190 valence electrons. The van der Waals surface area contributed by atoms with Gasteiger partial charge in [-0.05, 0) is 30.5 Å². The van der Waals surface area contributed by atoms with Gasteiger partial charge in [-0.15, -0.1) is 0 Å². The molecular weight excluding hydrogens is 497 g/mol. The lowest BCUT2D eigenvalue weighted by Gasteiger charge is -2.33. The molecule has 2 aliphatic rings. The topological polar surface area (TPSA) is 74.1 Å². The number of hydrogen-bond donors (Lipinski definition) is 0. The average Bonchev–Trinajstić information content (AvgIpc) is 3.38. The van der Waals surface area contributed by atoms with Crippen LogP contribution in [0.15, 0.2) is 36.5 Å². The van der Waals surface area contributed by atoms with Gasteiger partial charge in [-0.3, -0.25) is 9.59 Å². The highest BCUT2D eigenvalue weighted by Crippen LogP contribution is 2.40. The number of carbonyl (C=O) groups is 2. The van der Waals surface area contributed by atoms with Gasteiger partial charge in [0.05, 0.1) is 23.5 Å². The van der Waals surface area contributed by atoms with Crippen molar-refractivity contribution in [3.05, 3.63) is 52.9 Å². The predicted molar refractivity (Wildman–Crippen MR) is 127 cm³/mol. The third kappa shape index (κ3) is 4.25. The van der Waals surface area contributed by atoms with Crippen LogP contribution in [0.4, 0.5) is 24.5 Å². The van der Waals surface area contributed by atoms with Gasteiger partial charge < -0.3 is 14.7 Å². The molecule has 1 fully saturated rings. The Hall–Kier alpha value is -3.34. The van der Waals surface area contributed by atoms with Crippen molar-refractivity contribution >= 4 is 40.4 Å². The van der Waals surface area contributed by atoms with Crippen LogP contribution in [-0.4, -0.2) is 69.6 Å².